The molecule has 0 aromatic heterocycles. The number of ether oxygens (including phenoxy) is 1. The van der Waals surface area contributed by atoms with Crippen molar-refractivity contribution in [2.75, 3.05) is 43.5 Å². The largest absolute Gasteiger partial charge is 0.497 e. The molecule has 150 valence electrons. The molecule has 1 saturated heterocycles. The van der Waals surface area contributed by atoms with Crippen LogP contribution in [0.2, 0.25) is 0 Å². The van der Waals surface area contributed by atoms with Crippen LogP contribution < -0.4 is 15.0 Å². The van der Waals surface area contributed by atoms with Crippen molar-refractivity contribution in [2.24, 2.45) is 0 Å². The Morgan fingerprint density at radius 1 is 0.966 bits per heavy atom. The van der Waals surface area contributed by atoms with Crippen molar-refractivity contribution < 1.29 is 9.53 Å². The summed E-state index contributed by atoms with van der Waals surface area (Å²) >= 11 is 0. The molecule has 0 bridgehead atoms. The topological polar surface area (TPSA) is 44.8 Å². The van der Waals surface area contributed by atoms with Gasteiger partial charge in [-0.15, -0.1) is 0 Å². The van der Waals surface area contributed by atoms with E-state index in [9.17, 15) is 4.79 Å². The molecule has 1 aliphatic heterocycles. The molecule has 2 amide bonds. The predicted molar refractivity (Wildman–Crippen MR) is 119 cm³/mol. The van der Waals surface area contributed by atoms with E-state index in [-0.39, 0.29) is 6.03 Å². The van der Waals surface area contributed by atoms with E-state index in [0.717, 1.165) is 35.3 Å². The van der Waals surface area contributed by atoms with Crippen molar-refractivity contribution in [2.45, 2.75) is 13.8 Å². The van der Waals surface area contributed by atoms with Gasteiger partial charge in [0.05, 0.1) is 12.8 Å². The summed E-state index contributed by atoms with van der Waals surface area (Å²) in [7, 11) is 1.65. The molecule has 3 aromatic carbocycles. The highest BCUT2D eigenvalue weighted by Crippen LogP contribution is 2.28. The first-order chi connectivity index (χ1) is 14.1. The number of hydrogen-bond donors (Lipinski definition) is 1. The Balaban J connectivity index is 1.45. The van der Waals surface area contributed by atoms with Crippen LogP contribution in [0.25, 0.3) is 10.8 Å². The second-order valence-corrected chi connectivity index (χ2v) is 7.52. The standard InChI is InChI=1S/C24H27N3O2/c1-17-6-4-9-23(18(17)2)26-12-14-27(15-13-26)24(28)25-22-8-5-7-19-10-11-20(29-3)16-21(19)22/h4-11,16H,12-15H2,1-3H3,(H,25,28). The first-order valence-electron chi connectivity index (χ1n) is 10.0. The number of rotatable bonds is 3. The summed E-state index contributed by atoms with van der Waals surface area (Å²) in [6.45, 7) is 7.38. The van der Waals surface area contributed by atoms with Gasteiger partial charge in [0.2, 0.25) is 0 Å². The van der Waals surface area contributed by atoms with Gasteiger partial charge in [0, 0.05) is 37.3 Å². The minimum absolute atomic E-state index is 0.0547. The highest BCUT2D eigenvalue weighted by atomic mass is 16.5. The molecule has 29 heavy (non-hydrogen) atoms. The van der Waals surface area contributed by atoms with Gasteiger partial charge >= 0.3 is 6.03 Å². The molecule has 0 atom stereocenters. The van der Waals surface area contributed by atoms with Crippen LogP contribution >= 0.6 is 0 Å². The number of aryl methyl sites for hydroxylation is 1. The third-order valence-electron chi connectivity index (χ3n) is 5.81. The number of hydrogen-bond acceptors (Lipinski definition) is 3. The molecule has 0 aliphatic carbocycles. The zero-order chi connectivity index (χ0) is 20.4. The van der Waals surface area contributed by atoms with Crippen molar-refractivity contribution in [1.82, 2.24) is 4.90 Å². The summed E-state index contributed by atoms with van der Waals surface area (Å²) in [4.78, 5) is 17.2. The average Bonchev–Trinajstić information content (AvgIpc) is 2.75. The Hall–Kier alpha value is -3.21. The molecule has 1 heterocycles. The molecular formula is C24H27N3O2. The number of methoxy groups -OCH3 is 1. The molecule has 0 saturated carbocycles. The van der Waals surface area contributed by atoms with Gasteiger partial charge in [0.15, 0.2) is 0 Å². The fourth-order valence-electron chi connectivity index (χ4n) is 3.91. The van der Waals surface area contributed by atoms with Gasteiger partial charge in [-0.25, -0.2) is 4.79 Å². The molecule has 0 radical (unpaired) electrons. The lowest BCUT2D eigenvalue weighted by Crippen LogP contribution is -2.50. The first-order valence-corrected chi connectivity index (χ1v) is 10.0. The average molecular weight is 389 g/mol. The SMILES string of the molecule is COc1ccc2cccc(NC(=O)N3CCN(c4cccc(C)c4C)CC3)c2c1. The van der Waals surface area contributed by atoms with E-state index in [2.05, 4.69) is 42.3 Å². The third kappa shape index (κ3) is 3.86. The van der Waals surface area contributed by atoms with E-state index < -0.39 is 0 Å². The first kappa shape index (κ1) is 19.1. The number of amides is 2. The molecule has 4 rings (SSSR count). The molecule has 1 aliphatic rings. The number of carbonyl (C=O) groups excluding carboxylic acids is 1. The number of urea groups is 1. The van der Waals surface area contributed by atoms with Crippen LogP contribution in [-0.2, 0) is 0 Å². The minimum atomic E-state index is -0.0547. The molecule has 5 nitrogen and oxygen atoms in total. The van der Waals surface area contributed by atoms with Crippen LogP contribution in [0, 0.1) is 13.8 Å². The highest BCUT2D eigenvalue weighted by molar-refractivity contribution is 6.02. The van der Waals surface area contributed by atoms with Gasteiger partial charge in [-0.3, -0.25) is 0 Å². The molecule has 5 heteroatoms. The summed E-state index contributed by atoms with van der Waals surface area (Å²) in [5.74, 6) is 0.779. The maximum absolute atomic E-state index is 12.9. The zero-order valence-corrected chi connectivity index (χ0v) is 17.2. The lowest BCUT2D eigenvalue weighted by Gasteiger charge is -2.37. The number of carbonyl (C=O) groups is 1. The summed E-state index contributed by atoms with van der Waals surface area (Å²) in [6, 6.07) is 18.2. The van der Waals surface area contributed by atoms with Gasteiger partial charge in [-0.05, 0) is 54.6 Å². The minimum Gasteiger partial charge on any atom is -0.497 e. The van der Waals surface area contributed by atoms with E-state index >= 15 is 0 Å². The predicted octanol–water partition coefficient (Wildman–Crippen LogP) is 4.82. The van der Waals surface area contributed by atoms with Crippen LogP contribution in [0.1, 0.15) is 11.1 Å². The van der Waals surface area contributed by atoms with E-state index in [1.807, 2.05) is 41.3 Å². The molecule has 1 N–H and O–H groups in total. The number of nitrogens with one attached hydrogen (secondary N) is 1. The zero-order valence-electron chi connectivity index (χ0n) is 17.2. The van der Waals surface area contributed by atoms with E-state index in [0.29, 0.717) is 13.1 Å². The van der Waals surface area contributed by atoms with E-state index in [1.54, 1.807) is 7.11 Å². The summed E-state index contributed by atoms with van der Waals surface area (Å²) in [5, 5.41) is 5.15. The number of nitrogens with zero attached hydrogens (tertiary/aromatic N) is 2. The van der Waals surface area contributed by atoms with Crippen molar-refractivity contribution in [3.63, 3.8) is 0 Å². The maximum atomic E-state index is 12.9. The fourth-order valence-corrected chi connectivity index (χ4v) is 3.91. The lowest BCUT2D eigenvalue weighted by molar-refractivity contribution is 0.208. The Morgan fingerprint density at radius 2 is 1.72 bits per heavy atom. The Labute approximate surface area is 171 Å². The number of benzene rings is 3. The Bertz CT molecular complexity index is 1040. The molecule has 3 aromatic rings. The molecule has 0 spiro atoms. The summed E-state index contributed by atoms with van der Waals surface area (Å²) in [6.07, 6.45) is 0. The van der Waals surface area contributed by atoms with Crippen molar-refractivity contribution in [1.29, 1.82) is 0 Å². The summed E-state index contributed by atoms with van der Waals surface area (Å²) in [5.41, 5.74) is 4.69. The van der Waals surface area contributed by atoms with Crippen LogP contribution in [-0.4, -0.2) is 44.2 Å². The molecular weight excluding hydrogens is 362 g/mol. The number of fused-ring (bicyclic) bond motifs is 1. The normalized spacial score (nSPS) is 14.2. The quantitative estimate of drug-likeness (QED) is 0.699. The molecule has 0 unspecified atom stereocenters. The second-order valence-electron chi connectivity index (χ2n) is 7.52. The monoisotopic (exact) mass is 389 g/mol. The van der Waals surface area contributed by atoms with E-state index in [4.69, 9.17) is 4.74 Å². The van der Waals surface area contributed by atoms with Gasteiger partial charge in [0.25, 0.3) is 0 Å². The van der Waals surface area contributed by atoms with Gasteiger partial charge in [0.1, 0.15) is 5.75 Å². The second kappa shape index (κ2) is 8.03. The van der Waals surface area contributed by atoms with Crippen LogP contribution in [0.4, 0.5) is 16.2 Å². The van der Waals surface area contributed by atoms with Crippen molar-refractivity contribution in [3.8, 4) is 5.75 Å². The van der Waals surface area contributed by atoms with Gasteiger partial charge in [-0.2, -0.15) is 0 Å². The van der Waals surface area contributed by atoms with Crippen molar-refractivity contribution >= 4 is 28.2 Å². The van der Waals surface area contributed by atoms with E-state index in [1.165, 1.54) is 16.8 Å². The summed E-state index contributed by atoms with van der Waals surface area (Å²) < 4.78 is 5.34. The molecule has 1 fully saturated rings. The fraction of sp³-hybridized carbons (Fsp3) is 0.292. The Kier molecular flexibility index (Phi) is 5.30. The van der Waals surface area contributed by atoms with Gasteiger partial charge in [-0.1, -0.05) is 30.3 Å². The van der Waals surface area contributed by atoms with Crippen LogP contribution in [0.15, 0.2) is 54.6 Å². The maximum Gasteiger partial charge on any atom is 0.321 e. The number of anilines is 2. The Morgan fingerprint density at radius 3 is 2.48 bits per heavy atom. The smallest absolute Gasteiger partial charge is 0.321 e. The van der Waals surface area contributed by atoms with Crippen LogP contribution in [0.5, 0.6) is 5.75 Å². The lowest BCUT2D eigenvalue weighted by atomic mass is 10.1. The third-order valence-corrected chi connectivity index (χ3v) is 5.81. The van der Waals surface area contributed by atoms with Gasteiger partial charge < -0.3 is 19.9 Å². The van der Waals surface area contributed by atoms with Crippen molar-refractivity contribution in [3.05, 3.63) is 65.7 Å². The van der Waals surface area contributed by atoms with Crippen LogP contribution in [0.3, 0.4) is 0 Å². The number of piperazine rings is 1. The highest BCUT2D eigenvalue weighted by Gasteiger charge is 2.22.